The van der Waals surface area contributed by atoms with Gasteiger partial charge in [-0.3, -0.25) is 19.7 Å². The number of amides is 1. The fourth-order valence-corrected chi connectivity index (χ4v) is 3.45. The van der Waals surface area contributed by atoms with Crippen molar-refractivity contribution in [3.63, 3.8) is 0 Å². The molecule has 1 saturated heterocycles. The Bertz CT molecular complexity index is 918. The van der Waals surface area contributed by atoms with E-state index in [4.69, 9.17) is 4.74 Å². The maximum atomic E-state index is 13.0. The summed E-state index contributed by atoms with van der Waals surface area (Å²) in [6, 6.07) is 14.9. The Labute approximate surface area is 164 Å². The molecule has 0 aliphatic carbocycles. The van der Waals surface area contributed by atoms with Crippen molar-refractivity contribution in [2.75, 3.05) is 11.9 Å². The van der Waals surface area contributed by atoms with Gasteiger partial charge in [0, 0.05) is 25.1 Å². The lowest BCUT2D eigenvalue weighted by atomic mass is 10.1. The van der Waals surface area contributed by atoms with Crippen molar-refractivity contribution in [1.29, 1.82) is 0 Å². The Hall–Kier alpha value is -3.25. The van der Waals surface area contributed by atoms with Gasteiger partial charge in [0.05, 0.1) is 17.9 Å². The smallest absolute Gasteiger partial charge is 0.241 e. The summed E-state index contributed by atoms with van der Waals surface area (Å²) in [6.45, 7) is 1.63. The summed E-state index contributed by atoms with van der Waals surface area (Å²) in [6.07, 6.45) is 8.80. The van der Waals surface area contributed by atoms with E-state index in [-0.39, 0.29) is 11.9 Å². The number of hydrogen-bond acceptors (Lipinski definition) is 5. The maximum Gasteiger partial charge on any atom is 0.241 e. The van der Waals surface area contributed by atoms with Gasteiger partial charge in [0.25, 0.3) is 0 Å². The second kappa shape index (κ2) is 8.63. The Morgan fingerprint density at radius 1 is 1.07 bits per heavy atom. The SMILES string of the molecule is O=C(Nc1ccccc1Oc1cccnc1)C1CCCN1Cc1cccnc1. The first kappa shape index (κ1) is 18.1. The predicted octanol–water partition coefficient (Wildman–Crippen LogP) is 3.87. The van der Waals surface area contributed by atoms with Crippen molar-refractivity contribution >= 4 is 11.6 Å². The number of carbonyl (C=O) groups excluding carboxylic acids is 1. The van der Waals surface area contributed by atoms with Gasteiger partial charge in [-0.2, -0.15) is 0 Å². The number of aromatic nitrogens is 2. The first-order chi connectivity index (χ1) is 13.8. The molecule has 1 unspecified atom stereocenters. The van der Waals surface area contributed by atoms with Crippen molar-refractivity contribution in [3.8, 4) is 11.5 Å². The molecule has 6 heteroatoms. The summed E-state index contributed by atoms with van der Waals surface area (Å²) in [5.74, 6) is 1.22. The Morgan fingerprint density at radius 2 is 1.89 bits per heavy atom. The molecule has 0 bridgehead atoms. The lowest BCUT2D eigenvalue weighted by Gasteiger charge is -2.24. The fourth-order valence-electron chi connectivity index (χ4n) is 3.45. The van der Waals surface area contributed by atoms with Crippen LogP contribution in [0.2, 0.25) is 0 Å². The minimum atomic E-state index is -0.161. The average molecular weight is 374 g/mol. The number of benzene rings is 1. The summed E-state index contributed by atoms with van der Waals surface area (Å²) >= 11 is 0. The van der Waals surface area contributed by atoms with E-state index in [9.17, 15) is 4.79 Å². The molecule has 1 aliphatic heterocycles. The summed E-state index contributed by atoms with van der Waals surface area (Å²) in [5.41, 5.74) is 1.77. The molecule has 1 atom stereocenters. The minimum absolute atomic E-state index is 0.0105. The van der Waals surface area contributed by atoms with Crippen molar-refractivity contribution in [3.05, 3.63) is 78.9 Å². The molecule has 3 heterocycles. The molecule has 3 aromatic rings. The van der Waals surface area contributed by atoms with Gasteiger partial charge in [0.1, 0.15) is 5.75 Å². The van der Waals surface area contributed by atoms with Crippen LogP contribution in [0.5, 0.6) is 11.5 Å². The fraction of sp³-hybridized carbons (Fsp3) is 0.227. The average Bonchev–Trinajstić information content (AvgIpc) is 3.19. The molecule has 2 aromatic heterocycles. The minimum Gasteiger partial charge on any atom is -0.454 e. The van der Waals surface area contributed by atoms with Crippen LogP contribution in [0.4, 0.5) is 5.69 Å². The molecular formula is C22H22N4O2. The van der Waals surface area contributed by atoms with Gasteiger partial charge in [-0.25, -0.2) is 0 Å². The molecule has 1 aliphatic rings. The number of para-hydroxylation sites is 2. The zero-order valence-corrected chi connectivity index (χ0v) is 15.5. The van der Waals surface area contributed by atoms with Crippen LogP contribution in [-0.4, -0.2) is 33.4 Å². The largest absolute Gasteiger partial charge is 0.454 e. The number of nitrogens with zero attached hydrogens (tertiary/aromatic N) is 3. The quantitative estimate of drug-likeness (QED) is 0.709. The zero-order valence-electron chi connectivity index (χ0n) is 15.5. The highest BCUT2D eigenvalue weighted by molar-refractivity contribution is 5.96. The molecule has 0 spiro atoms. The van der Waals surface area contributed by atoms with E-state index in [2.05, 4.69) is 20.2 Å². The molecule has 4 rings (SSSR count). The first-order valence-electron chi connectivity index (χ1n) is 9.40. The molecule has 142 valence electrons. The highest BCUT2D eigenvalue weighted by Crippen LogP contribution is 2.30. The van der Waals surface area contributed by atoms with Crippen molar-refractivity contribution < 1.29 is 9.53 Å². The second-order valence-electron chi connectivity index (χ2n) is 6.77. The zero-order chi connectivity index (χ0) is 19.2. The molecule has 1 fully saturated rings. The van der Waals surface area contributed by atoms with Crippen LogP contribution in [0, 0.1) is 0 Å². The van der Waals surface area contributed by atoms with Gasteiger partial charge >= 0.3 is 0 Å². The summed E-state index contributed by atoms with van der Waals surface area (Å²) in [7, 11) is 0. The molecular weight excluding hydrogens is 352 g/mol. The number of pyridine rings is 2. The van der Waals surface area contributed by atoms with Gasteiger partial charge in [-0.15, -0.1) is 0 Å². The highest BCUT2D eigenvalue weighted by atomic mass is 16.5. The Kier molecular flexibility index (Phi) is 5.58. The topological polar surface area (TPSA) is 67.3 Å². The van der Waals surface area contributed by atoms with Crippen LogP contribution >= 0.6 is 0 Å². The molecule has 1 amide bonds. The molecule has 1 N–H and O–H groups in total. The Balaban J connectivity index is 1.46. The number of carbonyl (C=O) groups is 1. The molecule has 0 saturated carbocycles. The summed E-state index contributed by atoms with van der Waals surface area (Å²) < 4.78 is 5.90. The first-order valence-corrected chi connectivity index (χ1v) is 9.40. The number of rotatable bonds is 6. The van der Waals surface area contributed by atoms with Gasteiger partial charge in [0.15, 0.2) is 5.75 Å². The van der Waals surface area contributed by atoms with E-state index in [0.29, 0.717) is 17.2 Å². The van der Waals surface area contributed by atoms with E-state index in [1.807, 2.05) is 54.7 Å². The third kappa shape index (κ3) is 4.35. The van der Waals surface area contributed by atoms with Crippen LogP contribution in [0.15, 0.2) is 73.3 Å². The van der Waals surface area contributed by atoms with Crippen molar-refractivity contribution in [1.82, 2.24) is 14.9 Å². The summed E-state index contributed by atoms with van der Waals surface area (Å²) in [4.78, 5) is 23.4. The van der Waals surface area contributed by atoms with Gasteiger partial charge in [-0.1, -0.05) is 18.2 Å². The van der Waals surface area contributed by atoms with E-state index < -0.39 is 0 Å². The number of nitrogens with one attached hydrogen (secondary N) is 1. The van der Waals surface area contributed by atoms with Crippen LogP contribution < -0.4 is 10.1 Å². The van der Waals surface area contributed by atoms with E-state index in [0.717, 1.165) is 31.5 Å². The van der Waals surface area contributed by atoms with Crippen LogP contribution in [0.1, 0.15) is 18.4 Å². The third-order valence-corrected chi connectivity index (χ3v) is 4.78. The molecule has 0 radical (unpaired) electrons. The van der Waals surface area contributed by atoms with E-state index >= 15 is 0 Å². The normalized spacial score (nSPS) is 16.6. The monoisotopic (exact) mass is 374 g/mol. The lowest BCUT2D eigenvalue weighted by molar-refractivity contribution is -0.120. The number of likely N-dealkylation sites (tertiary alicyclic amines) is 1. The van der Waals surface area contributed by atoms with Gasteiger partial charge in [-0.05, 0) is 55.3 Å². The maximum absolute atomic E-state index is 13.0. The third-order valence-electron chi connectivity index (χ3n) is 4.78. The van der Waals surface area contributed by atoms with E-state index in [1.165, 1.54) is 0 Å². The van der Waals surface area contributed by atoms with Gasteiger partial charge < -0.3 is 10.1 Å². The molecule has 6 nitrogen and oxygen atoms in total. The highest BCUT2D eigenvalue weighted by Gasteiger charge is 2.31. The van der Waals surface area contributed by atoms with Crippen molar-refractivity contribution in [2.24, 2.45) is 0 Å². The van der Waals surface area contributed by atoms with E-state index in [1.54, 1.807) is 18.6 Å². The van der Waals surface area contributed by atoms with Crippen molar-refractivity contribution in [2.45, 2.75) is 25.4 Å². The standard InChI is InChI=1S/C22H22N4O2/c27-22(20-9-5-13-26(20)16-17-6-3-11-23-14-17)25-19-8-1-2-10-21(19)28-18-7-4-12-24-15-18/h1-4,6-8,10-12,14-15,20H,5,9,13,16H2,(H,25,27). The number of hydrogen-bond donors (Lipinski definition) is 1. The molecule has 1 aromatic carbocycles. The summed E-state index contributed by atoms with van der Waals surface area (Å²) in [5, 5.41) is 3.05. The lowest BCUT2D eigenvalue weighted by Crippen LogP contribution is -2.39. The second-order valence-corrected chi connectivity index (χ2v) is 6.77. The predicted molar refractivity (Wildman–Crippen MR) is 107 cm³/mol. The van der Waals surface area contributed by atoms with Crippen LogP contribution in [0.3, 0.4) is 0 Å². The van der Waals surface area contributed by atoms with Gasteiger partial charge in [0.2, 0.25) is 5.91 Å². The number of anilines is 1. The molecule has 28 heavy (non-hydrogen) atoms. The Morgan fingerprint density at radius 3 is 2.68 bits per heavy atom. The van der Waals surface area contributed by atoms with Crippen LogP contribution in [0.25, 0.3) is 0 Å². The van der Waals surface area contributed by atoms with Crippen LogP contribution in [-0.2, 0) is 11.3 Å². The number of ether oxygens (including phenoxy) is 1.